The van der Waals surface area contributed by atoms with Crippen molar-refractivity contribution in [3.8, 4) is 5.75 Å². The van der Waals surface area contributed by atoms with Gasteiger partial charge in [0.1, 0.15) is 5.75 Å². The first-order chi connectivity index (χ1) is 11.4. The normalized spacial score (nSPS) is 11.1. The number of alkyl halides is 1. The van der Waals surface area contributed by atoms with Crippen molar-refractivity contribution < 1.29 is 17.9 Å². The number of carbonyl (C=O) groups excluding carboxylic acids is 1. The van der Waals surface area contributed by atoms with Crippen LogP contribution in [0.1, 0.15) is 5.56 Å². The highest BCUT2D eigenvalue weighted by Gasteiger charge is 2.26. The minimum Gasteiger partial charge on any atom is -0.497 e. The Morgan fingerprint density at radius 2 is 1.67 bits per heavy atom. The average Bonchev–Trinajstić information content (AvgIpc) is 2.59. The number of carbonyl (C=O) groups is 1. The molecule has 0 bridgehead atoms. The fourth-order valence-corrected chi connectivity index (χ4v) is 3.64. The third kappa shape index (κ3) is 4.07. The lowest BCUT2D eigenvalue weighted by Crippen LogP contribution is -2.36. The second-order valence-electron chi connectivity index (χ2n) is 5.20. The summed E-state index contributed by atoms with van der Waals surface area (Å²) < 4.78 is 32.0. The molecule has 0 amide bonds. The molecule has 0 heterocycles. The number of halogens is 1. The fourth-order valence-electron chi connectivity index (χ4n) is 2.10. The van der Waals surface area contributed by atoms with E-state index in [1.165, 1.54) is 19.2 Å². The maximum absolute atomic E-state index is 12.9. The molecule has 0 saturated heterocycles. The Labute approximate surface area is 146 Å². The topological polar surface area (TPSA) is 63.7 Å². The summed E-state index contributed by atoms with van der Waals surface area (Å²) in [5, 5.41) is 0. The summed E-state index contributed by atoms with van der Waals surface area (Å²) in [6, 6.07) is 12.9. The molecule has 0 fully saturated rings. The van der Waals surface area contributed by atoms with Crippen LogP contribution in [0.3, 0.4) is 0 Å². The molecule has 0 saturated carbocycles. The Morgan fingerprint density at radius 1 is 1.08 bits per heavy atom. The Kier molecular flexibility index (Phi) is 5.85. The summed E-state index contributed by atoms with van der Waals surface area (Å²) >= 11 is 5.56. The van der Waals surface area contributed by atoms with E-state index in [0.29, 0.717) is 11.4 Å². The number of ether oxygens (including phenoxy) is 1. The third-order valence-electron chi connectivity index (χ3n) is 3.44. The molecule has 2 aromatic rings. The SMILES string of the molecule is COc1ccc(N(CC(=O)CCl)S(=O)(=O)c2ccc(C)cc2)cc1. The first kappa shape index (κ1) is 18.3. The van der Waals surface area contributed by atoms with Crippen molar-refractivity contribution in [3.63, 3.8) is 0 Å². The number of hydrogen-bond donors (Lipinski definition) is 0. The molecule has 7 heteroatoms. The largest absolute Gasteiger partial charge is 0.497 e. The van der Waals surface area contributed by atoms with Crippen LogP contribution >= 0.6 is 11.6 Å². The van der Waals surface area contributed by atoms with Crippen LogP contribution in [0.2, 0.25) is 0 Å². The maximum Gasteiger partial charge on any atom is 0.264 e. The van der Waals surface area contributed by atoms with E-state index >= 15 is 0 Å². The van der Waals surface area contributed by atoms with E-state index in [4.69, 9.17) is 16.3 Å². The molecule has 2 aromatic carbocycles. The smallest absolute Gasteiger partial charge is 0.264 e. The molecule has 0 aliphatic carbocycles. The van der Waals surface area contributed by atoms with Crippen LogP contribution in [0.5, 0.6) is 5.75 Å². The predicted molar refractivity (Wildman–Crippen MR) is 94.4 cm³/mol. The Morgan fingerprint density at radius 3 is 2.17 bits per heavy atom. The molecular formula is C17H18ClNO4S. The van der Waals surface area contributed by atoms with Gasteiger partial charge >= 0.3 is 0 Å². The number of nitrogens with zero attached hydrogens (tertiary/aromatic N) is 1. The van der Waals surface area contributed by atoms with Crippen LogP contribution in [0.15, 0.2) is 53.4 Å². The fraction of sp³-hybridized carbons (Fsp3) is 0.235. The molecule has 0 unspecified atom stereocenters. The molecule has 0 aromatic heterocycles. The monoisotopic (exact) mass is 367 g/mol. The average molecular weight is 368 g/mol. The van der Waals surface area contributed by atoms with E-state index in [1.807, 2.05) is 6.92 Å². The van der Waals surface area contributed by atoms with Crippen LogP contribution in [0.4, 0.5) is 5.69 Å². The second kappa shape index (κ2) is 7.68. The molecule has 0 aliphatic rings. The molecule has 0 radical (unpaired) electrons. The summed E-state index contributed by atoms with van der Waals surface area (Å²) in [6.07, 6.45) is 0. The van der Waals surface area contributed by atoms with Gasteiger partial charge in [-0.15, -0.1) is 11.6 Å². The second-order valence-corrected chi connectivity index (χ2v) is 7.32. The molecule has 0 N–H and O–H groups in total. The molecule has 24 heavy (non-hydrogen) atoms. The van der Waals surface area contributed by atoms with E-state index in [0.717, 1.165) is 9.87 Å². The molecule has 5 nitrogen and oxygen atoms in total. The predicted octanol–water partition coefficient (Wildman–Crippen LogP) is 3.01. The van der Waals surface area contributed by atoms with Gasteiger partial charge < -0.3 is 4.74 Å². The summed E-state index contributed by atoms with van der Waals surface area (Å²) in [7, 11) is -2.36. The summed E-state index contributed by atoms with van der Waals surface area (Å²) in [6.45, 7) is 1.54. The summed E-state index contributed by atoms with van der Waals surface area (Å²) in [5.74, 6) is -0.0472. The van der Waals surface area contributed by atoms with Gasteiger partial charge in [-0.05, 0) is 43.3 Å². The van der Waals surface area contributed by atoms with Crippen molar-refractivity contribution in [2.75, 3.05) is 23.8 Å². The van der Waals surface area contributed by atoms with E-state index in [-0.39, 0.29) is 23.1 Å². The Hall–Kier alpha value is -2.05. The van der Waals surface area contributed by atoms with Gasteiger partial charge in [-0.25, -0.2) is 8.42 Å². The highest BCUT2D eigenvalue weighted by atomic mass is 35.5. The Balaban J connectivity index is 2.47. The number of aryl methyl sites for hydroxylation is 1. The van der Waals surface area contributed by atoms with Crippen LogP contribution in [0, 0.1) is 6.92 Å². The minimum absolute atomic E-state index is 0.117. The molecule has 0 atom stereocenters. The zero-order chi connectivity index (χ0) is 17.7. The number of rotatable bonds is 7. The highest BCUT2D eigenvalue weighted by molar-refractivity contribution is 7.92. The van der Waals surface area contributed by atoms with Gasteiger partial charge in [-0.3, -0.25) is 9.10 Å². The van der Waals surface area contributed by atoms with E-state index in [2.05, 4.69) is 0 Å². The Bertz CT molecular complexity index is 801. The van der Waals surface area contributed by atoms with E-state index < -0.39 is 10.0 Å². The molecule has 0 spiro atoms. The molecular weight excluding hydrogens is 350 g/mol. The van der Waals surface area contributed by atoms with Crippen molar-refractivity contribution >= 4 is 33.1 Å². The number of benzene rings is 2. The lowest BCUT2D eigenvalue weighted by molar-refractivity contribution is -0.115. The number of ketones is 1. The number of methoxy groups -OCH3 is 1. The van der Waals surface area contributed by atoms with Crippen molar-refractivity contribution in [3.05, 3.63) is 54.1 Å². The van der Waals surface area contributed by atoms with Crippen molar-refractivity contribution in [2.45, 2.75) is 11.8 Å². The number of sulfonamides is 1. The number of anilines is 1. The number of hydrogen-bond acceptors (Lipinski definition) is 4. The summed E-state index contributed by atoms with van der Waals surface area (Å²) in [4.78, 5) is 11.9. The van der Waals surface area contributed by atoms with Gasteiger partial charge in [-0.2, -0.15) is 0 Å². The van der Waals surface area contributed by atoms with Crippen LogP contribution in [0.25, 0.3) is 0 Å². The lowest BCUT2D eigenvalue weighted by atomic mass is 10.2. The first-order valence-electron chi connectivity index (χ1n) is 7.19. The van der Waals surface area contributed by atoms with Gasteiger partial charge in [-0.1, -0.05) is 17.7 Å². The van der Waals surface area contributed by atoms with Gasteiger partial charge in [0.05, 0.1) is 30.1 Å². The van der Waals surface area contributed by atoms with Crippen molar-refractivity contribution in [1.82, 2.24) is 0 Å². The van der Waals surface area contributed by atoms with E-state index in [9.17, 15) is 13.2 Å². The van der Waals surface area contributed by atoms with Crippen LogP contribution in [-0.4, -0.2) is 33.7 Å². The zero-order valence-electron chi connectivity index (χ0n) is 13.4. The van der Waals surface area contributed by atoms with Gasteiger partial charge in [0.25, 0.3) is 10.0 Å². The maximum atomic E-state index is 12.9. The highest BCUT2D eigenvalue weighted by Crippen LogP contribution is 2.26. The van der Waals surface area contributed by atoms with Gasteiger partial charge in [0, 0.05) is 0 Å². The zero-order valence-corrected chi connectivity index (χ0v) is 15.0. The minimum atomic E-state index is -3.88. The quantitative estimate of drug-likeness (QED) is 0.706. The molecule has 2 rings (SSSR count). The van der Waals surface area contributed by atoms with Crippen LogP contribution < -0.4 is 9.04 Å². The van der Waals surface area contributed by atoms with Gasteiger partial charge in [0.2, 0.25) is 0 Å². The standard InChI is InChI=1S/C17H18ClNO4S/c1-13-3-9-17(10-4-13)24(21,22)19(12-15(20)11-18)14-5-7-16(23-2)8-6-14/h3-10H,11-12H2,1-2H3. The van der Waals surface area contributed by atoms with E-state index in [1.54, 1.807) is 36.4 Å². The van der Waals surface area contributed by atoms with Crippen molar-refractivity contribution in [2.24, 2.45) is 0 Å². The molecule has 0 aliphatic heterocycles. The number of Topliss-reactive ketones (excluding diaryl/α,β-unsaturated/α-hetero) is 1. The van der Waals surface area contributed by atoms with Crippen LogP contribution in [-0.2, 0) is 14.8 Å². The first-order valence-corrected chi connectivity index (χ1v) is 9.17. The summed E-state index contributed by atoms with van der Waals surface area (Å²) in [5.41, 5.74) is 1.32. The van der Waals surface area contributed by atoms with Gasteiger partial charge in [0.15, 0.2) is 5.78 Å². The third-order valence-corrected chi connectivity index (χ3v) is 5.52. The molecule has 128 valence electrons. The lowest BCUT2D eigenvalue weighted by Gasteiger charge is -2.24. The van der Waals surface area contributed by atoms with Crippen molar-refractivity contribution in [1.29, 1.82) is 0 Å².